The van der Waals surface area contributed by atoms with E-state index in [1.807, 2.05) is 31.2 Å². The SMILES string of the molecule is Cc1ccc(-c2nc(COc3ccccc3[N+](=O)[O-])co2)cc1. The van der Waals surface area contributed by atoms with E-state index in [0.29, 0.717) is 11.6 Å². The van der Waals surface area contributed by atoms with Crippen LogP contribution in [0.1, 0.15) is 11.3 Å². The molecule has 0 amide bonds. The normalized spacial score (nSPS) is 10.5. The number of para-hydroxylation sites is 2. The van der Waals surface area contributed by atoms with Crippen molar-refractivity contribution < 1.29 is 14.1 Å². The number of aryl methyl sites for hydroxylation is 1. The van der Waals surface area contributed by atoms with E-state index in [-0.39, 0.29) is 18.0 Å². The highest BCUT2D eigenvalue weighted by molar-refractivity contribution is 5.53. The van der Waals surface area contributed by atoms with Crippen molar-refractivity contribution in [2.24, 2.45) is 0 Å². The van der Waals surface area contributed by atoms with Crippen LogP contribution in [0.15, 0.2) is 59.2 Å². The number of nitro groups is 1. The number of benzene rings is 2. The molecule has 116 valence electrons. The number of ether oxygens (including phenoxy) is 1. The van der Waals surface area contributed by atoms with E-state index in [1.165, 1.54) is 12.3 Å². The molecular weight excluding hydrogens is 296 g/mol. The Labute approximate surface area is 132 Å². The van der Waals surface area contributed by atoms with E-state index in [0.717, 1.165) is 11.1 Å². The minimum Gasteiger partial charge on any atom is -0.480 e. The van der Waals surface area contributed by atoms with Gasteiger partial charge in [0.25, 0.3) is 0 Å². The Morgan fingerprint density at radius 3 is 2.65 bits per heavy atom. The Hall–Kier alpha value is -3.15. The second kappa shape index (κ2) is 6.31. The molecular formula is C17H14N2O4. The van der Waals surface area contributed by atoms with Gasteiger partial charge < -0.3 is 9.15 Å². The fourth-order valence-electron chi connectivity index (χ4n) is 2.08. The third-order valence-electron chi connectivity index (χ3n) is 3.29. The topological polar surface area (TPSA) is 78.4 Å². The lowest BCUT2D eigenvalue weighted by atomic mass is 10.1. The predicted molar refractivity (Wildman–Crippen MR) is 84.1 cm³/mol. The Morgan fingerprint density at radius 1 is 1.17 bits per heavy atom. The van der Waals surface area contributed by atoms with Crippen LogP contribution in [0.4, 0.5) is 5.69 Å². The van der Waals surface area contributed by atoms with Crippen molar-refractivity contribution in [3.8, 4) is 17.2 Å². The van der Waals surface area contributed by atoms with Crippen LogP contribution in [0.25, 0.3) is 11.5 Å². The molecule has 0 atom stereocenters. The first-order valence-corrected chi connectivity index (χ1v) is 7.01. The highest BCUT2D eigenvalue weighted by Crippen LogP contribution is 2.27. The maximum atomic E-state index is 10.9. The predicted octanol–water partition coefficient (Wildman–Crippen LogP) is 4.14. The summed E-state index contributed by atoms with van der Waals surface area (Å²) >= 11 is 0. The molecule has 0 saturated heterocycles. The average molecular weight is 310 g/mol. The van der Waals surface area contributed by atoms with E-state index in [9.17, 15) is 10.1 Å². The second-order valence-electron chi connectivity index (χ2n) is 5.02. The monoisotopic (exact) mass is 310 g/mol. The van der Waals surface area contributed by atoms with Gasteiger partial charge in [-0.2, -0.15) is 0 Å². The first-order valence-electron chi connectivity index (χ1n) is 7.01. The summed E-state index contributed by atoms with van der Waals surface area (Å²) < 4.78 is 10.9. The molecule has 0 aliphatic carbocycles. The van der Waals surface area contributed by atoms with Gasteiger partial charge in [0.2, 0.25) is 5.89 Å². The molecule has 1 aromatic heterocycles. The van der Waals surface area contributed by atoms with Crippen LogP contribution in [0, 0.1) is 17.0 Å². The van der Waals surface area contributed by atoms with Crippen molar-refractivity contribution in [2.75, 3.05) is 0 Å². The molecule has 0 spiro atoms. The van der Waals surface area contributed by atoms with Crippen LogP contribution in [-0.4, -0.2) is 9.91 Å². The lowest BCUT2D eigenvalue weighted by Gasteiger charge is -2.03. The van der Waals surface area contributed by atoms with Crippen molar-refractivity contribution in [3.05, 3.63) is 76.2 Å². The van der Waals surface area contributed by atoms with Crippen LogP contribution < -0.4 is 4.74 Å². The van der Waals surface area contributed by atoms with Gasteiger partial charge in [-0.25, -0.2) is 4.98 Å². The van der Waals surface area contributed by atoms with E-state index in [4.69, 9.17) is 9.15 Å². The number of oxazole rings is 1. The largest absolute Gasteiger partial charge is 0.480 e. The molecule has 3 rings (SSSR count). The zero-order valence-corrected chi connectivity index (χ0v) is 12.4. The first-order chi connectivity index (χ1) is 11.1. The number of nitrogens with zero attached hydrogens (tertiary/aromatic N) is 2. The molecule has 1 heterocycles. The average Bonchev–Trinajstić information content (AvgIpc) is 3.03. The summed E-state index contributed by atoms with van der Waals surface area (Å²) in [7, 11) is 0. The molecule has 2 aromatic carbocycles. The van der Waals surface area contributed by atoms with Crippen molar-refractivity contribution in [2.45, 2.75) is 13.5 Å². The summed E-state index contributed by atoms with van der Waals surface area (Å²) in [5, 5.41) is 10.9. The van der Waals surface area contributed by atoms with Gasteiger partial charge >= 0.3 is 5.69 Å². The van der Waals surface area contributed by atoms with E-state index in [2.05, 4.69) is 4.98 Å². The number of rotatable bonds is 5. The maximum Gasteiger partial charge on any atom is 0.310 e. The van der Waals surface area contributed by atoms with Crippen molar-refractivity contribution in [1.29, 1.82) is 0 Å². The van der Waals surface area contributed by atoms with Gasteiger partial charge in [0.15, 0.2) is 5.75 Å². The Bertz CT molecular complexity index is 825. The zero-order valence-electron chi connectivity index (χ0n) is 12.4. The zero-order chi connectivity index (χ0) is 16.2. The fraction of sp³-hybridized carbons (Fsp3) is 0.118. The summed E-state index contributed by atoms with van der Waals surface area (Å²) in [6.07, 6.45) is 1.49. The van der Waals surface area contributed by atoms with Gasteiger partial charge in [0, 0.05) is 11.6 Å². The Morgan fingerprint density at radius 2 is 1.91 bits per heavy atom. The molecule has 0 radical (unpaired) electrons. The van der Waals surface area contributed by atoms with Gasteiger partial charge in [0.1, 0.15) is 18.6 Å². The summed E-state index contributed by atoms with van der Waals surface area (Å²) in [5.74, 6) is 0.698. The van der Waals surface area contributed by atoms with E-state index < -0.39 is 4.92 Å². The van der Waals surface area contributed by atoms with Crippen LogP contribution in [0.2, 0.25) is 0 Å². The molecule has 0 fully saturated rings. The van der Waals surface area contributed by atoms with Crippen LogP contribution in [0.3, 0.4) is 0 Å². The van der Waals surface area contributed by atoms with Crippen LogP contribution in [0.5, 0.6) is 5.75 Å². The second-order valence-corrected chi connectivity index (χ2v) is 5.02. The quantitative estimate of drug-likeness (QED) is 0.523. The van der Waals surface area contributed by atoms with Gasteiger partial charge in [-0.3, -0.25) is 10.1 Å². The lowest BCUT2D eigenvalue weighted by Crippen LogP contribution is -1.99. The molecule has 6 heteroatoms. The summed E-state index contributed by atoms with van der Waals surface area (Å²) in [6, 6.07) is 14.0. The molecule has 3 aromatic rings. The molecule has 0 aliphatic rings. The third-order valence-corrected chi connectivity index (χ3v) is 3.29. The fourth-order valence-corrected chi connectivity index (χ4v) is 2.08. The minimum absolute atomic E-state index is 0.0743. The van der Waals surface area contributed by atoms with E-state index >= 15 is 0 Å². The van der Waals surface area contributed by atoms with Gasteiger partial charge in [0.05, 0.1) is 4.92 Å². The maximum absolute atomic E-state index is 10.9. The molecule has 23 heavy (non-hydrogen) atoms. The number of hydrogen-bond donors (Lipinski definition) is 0. The van der Waals surface area contributed by atoms with Gasteiger partial charge in [-0.1, -0.05) is 29.8 Å². The third kappa shape index (κ3) is 3.37. The molecule has 0 bridgehead atoms. The van der Waals surface area contributed by atoms with Crippen LogP contribution in [-0.2, 0) is 6.61 Å². The molecule has 0 N–H and O–H groups in total. The Kier molecular flexibility index (Phi) is 4.05. The molecule has 0 aliphatic heterocycles. The summed E-state index contributed by atoms with van der Waals surface area (Å²) in [6.45, 7) is 2.10. The van der Waals surface area contributed by atoms with Crippen molar-refractivity contribution in [1.82, 2.24) is 4.98 Å². The lowest BCUT2D eigenvalue weighted by molar-refractivity contribution is -0.385. The molecule has 0 saturated carbocycles. The Balaban J connectivity index is 1.73. The van der Waals surface area contributed by atoms with Crippen molar-refractivity contribution >= 4 is 5.69 Å². The number of hydrogen-bond acceptors (Lipinski definition) is 5. The summed E-state index contributed by atoms with van der Waals surface area (Å²) in [5.41, 5.74) is 2.52. The van der Waals surface area contributed by atoms with E-state index in [1.54, 1.807) is 18.2 Å². The minimum atomic E-state index is -0.476. The highest BCUT2D eigenvalue weighted by Gasteiger charge is 2.14. The molecule has 0 unspecified atom stereocenters. The number of nitro benzene ring substituents is 1. The smallest absolute Gasteiger partial charge is 0.310 e. The first kappa shape index (κ1) is 14.8. The highest BCUT2D eigenvalue weighted by atomic mass is 16.6. The van der Waals surface area contributed by atoms with Crippen LogP contribution >= 0.6 is 0 Å². The number of aromatic nitrogens is 1. The van der Waals surface area contributed by atoms with Gasteiger partial charge in [-0.05, 0) is 25.1 Å². The molecule has 6 nitrogen and oxygen atoms in total. The van der Waals surface area contributed by atoms with Crippen molar-refractivity contribution in [3.63, 3.8) is 0 Å². The standard InChI is InChI=1S/C17H14N2O4/c1-12-6-8-13(9-7-12)17-18-14(11-23-17)10-22-16-5-3-2-4-15(16)19(20)21/h2-9,11H,10H2,1H3. The van der Waals surface area contributed by atoms with Gasteiger partial charge in [-0.15, -0.1) is 0 Å². The summed E-state index contributed by atoms with van der Waals surface area (Å²) in [4.78, 5) is 14.8.